The Bertz CT molecular complexity index is 270. The quantitative estimate of drug-likeness (QED) is 0.749. The van der Waals surface area contributed by atoms with Gasteiger partial charge in [-0.05, 0) is 19.4 Å². The van der Waals surface area contributed by atoms with Crippen LogP contribution in [0.4, 0.5) is 0 Å². The highest BCUT2D eigenvalue weighted by Crippen LogP contribution is 2.27. The summed E-state index contributed by atoms with van der Waals surface area (Å²) >= 11 is 6.01. The fourth-order valence-corrected chi connectivity index (χ4v) is 2.19. The number of hydrogen-bond donors (Lipinski definition) is 1. The fourth-order valence-electron chi connectivity index (χ4n) is 1.89. The van der Waals surface area contributed by atoms with Crippen molar-refractivity contribution in [2.45, 2.75) is 25.3 Å². The number of hydrogen-bond acceptors (Lipinski definition) is 2. The molecule has 1 aliphatic heterocycles. The molecule has 0 saturated carbocycles. The first-order valence-electron chi connectivity index (χ1n) is 4.69. The molecule has 3 nitrogen and oxygen atoms in total. The lowest BCUT2D eigenvalue weighted by molar-refractivity contribution is 0.398. The zero-order valence-corrected chi connectivity index (χ0v) is 8.51. The van der Waals surface area contributed by atoms with Crippen LogP contribution in [0.3, 0.4) is 0 Å². The van der Waals surface area contributed by atoms with Crippen molar-refractivity contribution in [2.24, 2.45) is 7.05 Å². The summed E-state index contributed by atoms with van der Waals surface area (Å²) in [4.78, 5) is 4.08. The van der Waals surface area contributed by atoms with E-state index >= 15 is 0 Å². The van der Waals surface area contributed by atoms with E-state index in [0.717, 1.165) is 12.2 Å². The summed E-state index contributed by atoms with van der Waals surface area (Å²) in [5, 5.41) is 4.10. The van der Waals surface area contributed by atoms with Crippen LogP contribution in [-0.4, -0.2) is 16.1 Å². The Kier molecular flexibility index (Phi) is 2.56. The summed E-state index contributed by atoms with van der Waals surface area (Å²) < 4.78 is 2.01. The second kappa shape index (κ2) is 3.68. The normalized spacial score (nSPS) is 23.4. The summed E-state index contributed by atoms with van der Waals surface area (Å²) in [6.07, 6.45) is 5.48. The van der Waals surface area contributed by atoms with E-state index in [1.54, 1.807) is 6.33 Å². The van der Waals surface area contributed by atoms with Crippen molar-refractivity contribution >= 4 is 11.6 Å². The summed E-state index contributed by atoms with van der Waals surface area (Å²) in [5.41, 5.74) is 1.13. The van der Waals surface area contributed by atoms with E-state index in [0.29, 0.717) is 11.2 Å². The molecule has 0 radical (unpaired) electrons. The van der Waals surface area contributed by atoms with Gasteiger partial charge in [0.25, 0.3) is 0 Å². The minimum absolute atomic E-state index is 0.397. The Hall–Kier alpha value is -0.540. The van der Waals surface area contributed by atoms with Crippen LogP contribution in [0.2, 0.25) is 5.15 Å². The van der Waals surface area contributed by atoms with Gasteiger partial charge in [-0.15, -0.1) is 0 Å². The van der Waals surface area contributed by atoms with Crippen molar-refractivity contribution in [1.82, 2.24) is 14.9 Å². The van der Waals surface area contributed by atoms with Gasteiger partial charge in [-0.2, -0.15) is 0 Å². The third-order valence-electron chi connectivity index (χ3n) is 2.58. The average molecular weight is 200 g/mol. The highest BCUT2D eigenvalue weighted by molar-refractivity contribution is 6.30. The fraction of sp³-hybridized carbons (Fsp3) is 0.667. The van der Waals surface area contributed by atoms with Gasteiger partial charge in [0.15, 0.2) is 5.15 Å². The van der Waals surface area contributed by atoms with Gasteiger partial charge >= 0.3 is 0 Å². The smallest absolute Gasteiger partial charge is 0.151 e. The van der Waals surface area contributed by atoms with E-state index in [2.05, 4.69) is 10.3 Å². The Morgan fingerprint density at radius 3 is 3.00 bits per heavy atom. The van der Waals surface area contributed by atoms with E-state index in [9.17, 15) is 0 Å². The van der Waals surface area contributed by atoms with Crippen molar-refractivity contribution in [2.75, 3.05) is 6.54 Å². The van der Waals surface area contributed by atoms with Crippen LogP contribution >= 0.6 is 11.6 Å². The number of imidazole rings is 1. The Labute approximate surface area is 83.1 Å². The molecule has 0 spiro atoms. The van der Waals surface area contributed by atoms with Crippen LogP contribution in [-0.2, 0) is 7.05 Å². The van der Waals surface area contributed by atoms with Crippen molar-refractivity contribution in [3.8, 4) is 0 Å². The average Bonchev–Trinajstić information content (AvgIpc) is 2.48. The number of halogens is 1. The minimum Gasteiger partial charge on any atom is -0.335 e. The molecule has 2 heterocycles. The van der Waals surface area contributed by atoms with Gasteiger partial charge in [-0.25, -0.2) is 4.98 Å². The number of nitrogens with zero attached hydrogens (tertiary/aromatic N) is 2. The van der Waals surface area contributed by atoms with Gasteiger partial charge in [0, 0.05) is 7.05 Å². The summed E-state index contributed by atoms with van der Waals surface area (Å²) in [7, 11) is 1.99. The first-order valence-corrected chi connectivity index (χ1v) is 5.07. The molecular formula is C9H14ClN3. The standard InChI is InChI=1S/C9H14ClN3/c1-13-6-12-9(10)8(13)7-4-2-3-5-11-7/h6-7,11H,2-5H2,1H3. The van der Waals surface area contributed by atoms with Gasteiger partial charge in [0.05, 0.1) is 18.1 Å². The van der Waals surface area contributed by atoms with Crippen molar-refractivity contribution in [3.63, 3.8) is 0 Å². The molecule has 2 rings (SSSR count). The molecule has 0 amide bonds. The van der Waals surface area contributed by atoms with Crippen LogP contribution in [0.5, 0.6) is 0 Å². The third kappa shape index (κ3) is 1.71. The minimum atomic E-state index is 0.397. The molecule has 1 fully saturated rings. The lowest BCUT2D eigenvalue weighted by Crippen LogP contribution is -2.28. The van der Waals surface area contributed by atoms with E-state index < -0.39 is 0 Å². The molecule has 1 atom stereocenters. The zero-order valence-electron chi connectivity index (χ0n) is 7.76. The predicted octanol–water partition coefficient (Wildman–Crippen LogP) is 1.89. The molecule has 4 heteroatoms. The number of aromatic nitrogens is 2. The lowest BCUT2D eigenvalue weighted by atomic mass is 10.0. The summed E-state index contributed by atoms with van der Waals surface area (Å²) in [6, 6.07) is 0.397. The molecule has 72 valence electrons. The number of piperidine rings is 1. The molecule has 13 heavy (non-hydrogen) atoms. The number of aryl methyl sites for hydroxylation is 1. The topological polar surface area (TPSA) is 29.9 Å². The van der Waals surface area contributed by atoms with Crippen LogP contribution in [0, 0.1) is 0 Å². The van der Waals surface area contributed by atoms with Crippen LogP contribution in [0.1, 0.15) is 31.0 Å². The molecule has 1 N–H and O–H groups in total. The molecular weight excluding hydrogens is 186 g/mol. The molecule has 1 saturated heterocycles. The van der Waals surface area contributed by atoms with Crippen LogP contribution in [0.25, 0.3) is 0 Å². The Morgan fingerprint density at radius 1 is 1.62 bits per heavy atom. The highest BCUT2D eigenvalue weighted by atomic mass is 35.5. The molecule has 1 aromatic heterocycles. The van der Waals surface area contributed by atoms with Crippen LogP contribution in [0.15, 0.2) is 6.33 Å². The van der Waals surface area contributed by atoms with Gasteiger partial charge in [-0.3, -0.25) is 0 Å². The Balaban J connectivity index is 2.22. The maximum Gasteiger partial charge on any atom is 0.151 e. The molecule has 0 aliphatic carbocycles. The van der Waals surface area contributed by atoms with E-state index in [1.165, 1.54) is 19.3 Å². The van der Waals surface area contributed by atoms with E-state index in [4.69, 9.17) is 11.6 Å². The van der Waals surface area contributed by atoms with Crippen molar-refractivity contribution < 1.29 is 0 Å². The number of rotatable bonds is 1. The van der Waals surface area contributed by atoms with Gasteiger partial charge in [0.2, 0.25) is 0 Å². The maximum absolute atomic E-state index is 6.01. The van der Waals surface area contributed by atoms with Crippen LogP contribution < -0.4 is 5.32 Å². The van der Waals surface area contributed by atoms with E-state index in [-0.39, 0.29) is 0 Å². The molecule has 1 aliphatic rings. The summed E-state index contributed by atoms with van der Waals surface area (Å²) in [5.74, 6) is 0. The monoisotopic (exact) mass is 199 g/mol. The lowest BCUT2D eigenvalue weighted by Gasteiger charge is -2.23. The maximum atomic E-state index is 6.01. The molecule has 0 bridgehead atoms. The SMILES string of the molecule is Cn1cnc(Cl)c1C1CCCCN1. The van der Waals surface area contributed by atoms with Gasteiger partial charge < -0.3 is 9.88 Å². The second-order valence-electron chi connectivity index (χ2n) is 3.53. The highest BCUT2D eigenvalue weighted by Gasteiger charge is 2.20. The largest absolute Gasteiger partial charge is 0.335 e. The molecule has 1 unspecified atom stereocenters. The first kappa shape index (κ1) is 9.03. The number of nitrogens with one attached hydrogen (secondary N) is 1. The summed E-state index contributed by atoms with van der Waals surface area (Å²) in [6.45, 7) is 1.09. The van der Waals surface area contributed by atoms with Crippen molar-refractivity contribution in [1.29, 1.82) is 0 Å². The van der Waals surface area contributed by atoms with E-state index in [1.807, 2.05) is 11.6 Å². The molecule has 0 aromatic carbocycles. The zero-order chi connectivity index (χ0) is 9.26. The Morgan fingerprint density at radius 2 is 2.46 bits per heavy atom. The van der Waals surface area contributed by atoms with Crippen molar-refractivity contribution in [3.05, 3.63) is 17.2 Å². The first-order chi connectivity index (χ1) is 6.29. The van der Waals surface area contributed by atoms with Gasteiger partial charge in [-0.1, -0.05) is 18.0 Å². The molecule has 1 aromatic rings. The second-order valence-corrected chi connectivity index (χ2v) is 3.89. The van der Waals surface area contributed by atoms with Gasteiger partial charge in [0.1, 0.15) is 0 Å². The predicted molar refractivity (Wildman–Crippen MR) is 52.8 cm³/mol. The third-order valence-corrected chi connectivity index (χ3v) is 2.87.